The molecule has 4 nitrogen and oxygen atoms in total. The van der Waals surface area contributed by atoms with Crippen molar-refractivity contribution in [1.82, 2.24) is 10.1 Å². The van der Waals surface area contributed by atoms with Crippen molar-refractivity contribution in [2.24, 2.45) is 0 Å². The number of halogens is 1. The highest BCUT2D eigenvalue weighted by Crippen LogP contribution is 2.31. The van der Waals surface area contributed by atoms with E-state index in [4.69, 9.17) is 10.3 Å². The van der Waals surface area contributed by atoms with Crippen LogP contribution < -0.4 is 5.73 Å². The van der Waals surface area contributed by atoms with Gasteiger partial charge in [-0.3, -0.25) is 0 Å². The van der Waals surface area contributed by atoms with Gasteiger partial charge in [-0.2, -0.15) is 0 Å². The first-order valence-electron chi connectivity index (χ1n) is 4.08. The Hall–Kier alpha value is -0.880. The molecular weight excluding hydrogens is 266 g/mol. The topological polar surface area (TPSA) is 64.9 Å². The molecule has 0 unspecified atom stereocenters. The summed E-state index contributed by atoms with van der Waals surface area (Å²) in [5.41, 5.74) is 6.43. The number of nitrogens with zero attached hydrogens (tertiary/aromatic N) is 2. The Morgan fingerprint density at radius 3 is 3.00 bits per heavy atom. The fourth-order valence-electron chi connectivity index (χ4n) is 1.17. The summed E-state index contributed by atoms with van der Waals surface area (Å²) >= 11 is 4.70. The van der Waals surface area contributed by atoms with Gasteiger partial charge in [0.25, 0.3) is 0 Å². The summed E-state index contributed by atoms with van der Waals surface area (Å²) in [5.74, 6) is 0.654. The van der Waals surface area contributed by atoms with Gasteiger partial charge in [0, 0.05) is 10.9 Å². The third-order valence-electron chi connectivity index (χ3n) is 1.75. The summed E-state index contributed by atoms with van der Waals surface area (Å²) in [5, 5.41) is 4.30. The van der Waals surface area contributed by atoms with E-state index in [1.807, 2.05) is 0 Å². The molecule has 0 spiro atoms. The van der Waals surface area contributed by atoms with Crippen molar-refractivity contribution in [1.29, 1.82) is 0 Å². The highest BCUT2D eigenvalue weighted by molar-refractivity contribution is 9.10. The summed E-state index contributed by atoms with van der Waals surface area (Å²) < 4.78 is 5.77. The van der Waals surface area contributed by atoms with Crippen molar-refractivity contribution in [3.63, 3.8) is 0 Å². The minimum absolute atomic E-state index is 0.560. The third kappa shape index (κ3) is 1.67. The minimum Gasteiger partial charge on any atom is -0.375 e. The second-order valence-electron chi connectivity index (χ2n) is 2.69. The van der Waals surface area contributed by atoms with E-state index in [9.17, 15) is 0 Å². The highest BCUT2D eigenvalue weighted by atomic mass is 79.9. The number of rotatable bonds is 2. The monoisotopic (exact) mass is 273 g/mol. The normalized spacial score (nSPS) is 10.7. The van der Waals surface area contributed by atoms with Gasteiger partial charge in [-0.05, 0) is 22.4 Å². The number of hydrogen-bond acceptors (Lipinski definition) is 5. The summed E-state index contributed by atoms with van der Waals surface area (Å²) in [4.78, 5) is 5.32. The maximum atomic E-state index is 5.63. The van der Waals surface area contributed by atoms with E-state index < -0.39 is 0 Å². The highest BCUT2D eigenvalue weighted by Gasteiger charge is 2.14. The van der Waals surface area contributed by atoms with Gasteiger partial charge < -0.3 is 10.3 Å². The first-order chi connectivity index (χ1) is 6.70. The lowest BCUT2D eigenvalue weighted by Crippen LogP contribution is -1.83. The van der Waals surface area contributed by atoms with Crippen LogP contribution in [0.4, 0.5) is 5.13 Å². The van der Waals surface area contributed by atoms with Crippen molar-refractivity contribution in [3.05, 3.63) is 15.5 Å². The number of hydrogen-bond donors (Lipinski definition) is 1. The van der Waals surface area contributed by atoms with Crippen molar-refractivity contribution < 1.29 is 4.52 Å². The molecule has 0 bridgehead atoms. The largest absolute Gasteiger partial charge is 0.375 e. The zero-order valence-corrected chi connectivity index (χ0v) is 9.85. The summed E-state index contributed by atoms with van der Waals surface area (Å²) in [7, 11) is 0. The lowest BCUT2D eigenvalue weighted by Gasteiger charge is -1.91. The quantitative estimate of drug-likeness (QED) is 0.914. The minimum atomic E-state index is 0.560. The predicted octanol–water partition coefficient (Wildman–Crippen LogP) is 2.71. The third-order valence-corrected chi connectivity index (χ3v) is 3.15. The van der Waals surface area contributed by atoms with Gasteiger partial charge in [0.15, 0.2) is 10.9 Å². The molecule has 74 valence electrons. The SMILES string of the molecule is CCc1sc(N)nc1-c1cc(Br)no1. The molecule has 0 atom stereocenters. The molecule has 2 N–H and O–H groups in total. The zero-order chi connectivity index (χ0) is 10.1. The van der Waals surface area contributed by atoms with E-state index in [0.717, 1.165) is 17.0 Å². The van der Waals surface area contributed by atoms with Crippen LogP contribution in [0.2, 0.25) is 0 Å². The maximum absolute atomic E-state index is 5.63. The van der Waals surface area contributed by atoms with Crippen LogP contribution in [0, 0.1) is 0 Å². The van der Waals surface area contributed by atoms with E-state index in [2.05, 4.69) is 33.0 Å². The van der Waals surface area contributed by atoms with Crippen molar-refractivity contribution in [2.45, 2.75) is 13.3 Å². The van der Waals surface area contributed by atoms with E-state index in [1.54, 1.807) is 6.07 Å². The van der Waals surface area contributed by atoms with Crippen molar-refractivity contribution in [3.8, 4) is 11.5 Å². The molecule has 6 heteroatoms. The molecule has 2 aromatic heterocycles. The van der Waals surface area contributed by atoms with E-state index in [-0.39, 0.29) is 0 Å². The second kappa shape index (κ2) is 3.70. The molecule has 0 aliphatic heterocycles. The van der Waals surface area contributed by atoms with Gasteiger partial charge in [-0.15, -0.1) is 11.3 Å². The predicted molar refractivity (Wildman–Crippen MR) is 59.1 cm³/mol. The Bertz CT molecular complexity index is 451. The molecule has 0 aliphatic rings. The number of aryl methyl sites for hydroxylation is 1. The molecule has 0 aromatic carbocycles. The Morgan fingerprint density at radius 1 is 1.64 bits per heavy atom. The summed E-state index contributed by atoms with van der Waals surface area (Å²) in [6.07, 6.45) is 0.891. The lowest BCUT2D eigenvalue weighted by molar-refractivity contribution is 0.426. The molecule has 14 heavy (non-hydrogen) atoms. The Balaban J connectivity index is 2.49. The van der Waals surface area contributed by atoms with Crippen molar-refractivity contribution in [2.75, 3.05) is 5.73 Å². The first-order valence-corrected chi connectivity index (χ1v) is 5.69. The Labute approximate surface area is 93.3 Å². The van der Waals surface area contributed by atoms with Crippen LogP contribution in [0.25, 0.3) is 11.5 Å². The number of aromatic nitrogens is 2. The van der Waals surface area contributed by atoms with Gasteiger partial charge in [-0.1, -0.05) is 12.1 Å². The average Bonchev–Trinajstić information content (AvgIpc) is 2.71. The standard InChI is InChI=1S/C8H8BrN3OS/c1-2-5-7(11-8(10)14-5)4-3-6(9)12-13-4/h3H,2H2,1H3,(H2,10,11). The molecular formula is C8H8BrN3OS. The number of thiazole rings is 1. The van der Waals surface area contributed by atoms with Crippen molar-refractivity contribution >= 4 is 32.4 Å². The molecule has 0 amide bonds. The maximum Gasteiger partial charge on any atom is 0.187 e. The van der Waals surface area contributed by atoms with Crippen LogP contribution in [0.5, 0.6) is 0 Å². The molecule has 2 aromatic rings. The van der Waals surface area contributed by atoms with E-state index in [1.165, 1.54) is 11.3 Å². The summed E-state index contributed by atoms with van der Waals surface area (Å²) in [6, 6.07) is 1.79. The molecule has 2 heterocycles. The number of nitrogens with two attached hydrogens (primary N) is 1. The molecule has 0 aliphatic carbocycles. The molecule has 2 rings (SSSR count). The van der Waals surface area contributed by atoms with Crippen LogP contribution in [-0.2, 0) is 6.42 Å². The molecule has 0 saturated carbocycles. The van der Waals surface area contributed by atoms with Gasteiger partial charge in [0.1, 0.15) is 10.3 Å². The van der Waals surface area contributed by atoms with Crippen LogP contribution in [0.15, 0.2) is 15.2 Å². The van der Waals surface area contributed by atoms with E-state index in [0.29, 0.717) is 15.5 Å². The lowest BCUT2D eigenvalue weighted by atomic mass is 10.2. The summed E-state index contributed by atoms with van der Waals surface area (Å²) in [6.45, 7) is 2.06. The molecule has 0 fully saturated rings. The van der Waals surface area contributed by atoms with Gasteiger partial charge in [-0.25, -0.2) is 4.98 Å². The Morgan fingerprint density at radius 2 is 2.43 bits per heavy atom. The van der Waals surface area contributed by atoms with Gasteiger partial charge in [0.05, 0.1) is 0 Å². The van der Waals surface area contributed by atoms with Gasteiger partial charge in [0.2, 0.25) is 0 Å². The van der Waals surface area contributed by atoms with Crippen LogP contribution in [-0.4, -0.2) is 10.1 Å². The van der Waals surface area contributed by atoms with Crippen LogP contribution in [0.3, 0.4) is 0 Å². The first kappa shape index (κ1) is 9.67. The smallest absolute Gasteiger partial charge is 0.187 e. The van der Waals surface area contributed by atoms with Crippen LogP contribution >= 0.6 is 27.3 Å². The molecule has 0 radical (unpaired) electrons. The fourth-order valence-corrected chi connectivity index (χ4v) is 2.22. The zero-order valence-electron chi connectivity index (χ0n) is 7.45. The van der Waals surface area contributed by atoms with Crippen LogP contribution in [0.1, 0.15) is 11.8 Å². The number of anilines is 1. The number of nitrogen functional groups attached to an aromatic ring is 1. The Kier molecular flexibility index (Phi) is 2.56. The average molecular weight is 274 g/mol. The fraction of sp³-hybridized carbons (Fsp3) is 0.250. The van der Waals surface area contributed by atoms with E-state index >= 15 is 0 Å². The van der Waals surface area contributed by atoms with Gasteiger partial charge >= 0.3 is 0 Å². The molecule has 0 saturated heterocycles. The second-order valence-corrected chi connectivity index (χ2v) is 4.62.